The molecule has 0 amide bonds. The fourth-order valence-electron chi connectivity index (χ4n) is 2.61. The number of nitrogens with one attached hydrogen (secondary N) is 1. The highest BCUT2D eigenvalue weighted by Gasteiger charge is 2.12. The van der Waals surface area contributed by atoms with Crippen molar-refractivity contribution in [2.45, 2.75) is 13.1 Å². The van der Waals surface area contributed by atoms with Crippen LogP contribution in [0.4, 0.5) is 5.95 Å². The van der Waals surface area contributed by atoms with Crippen LogP contribution in [0.2, 0.25) is 5.02 Å². The van der Waals surface area contributed by atoms with Crippen LogP contribution in [0.1, 0.15) is 5.56 Å². The SMILES string of the molecule is COCCn1c(-c2ccc(Cl)cc2)cnc1NCc1ccccc1O. The number of hydrogen-bond acceptors (Lipinski definition) is 4. The lowest BCUT2D eigenvalue weighted by molar-refractivity contribution is 0.188. The van der Waals surface area contributed by atoms with E-state index < -0.39 is 0 Å². The number of halogens is 1. The average molecular weight is 358 g/mol. The number of ether oxygens (including phenoxy) is 1. The van der Waals surface area contributed by atoms with Crippen molar-refractivity contribution in [3.05, 3.63) is 65.3 Å². The van der Waals surface area contributed by atoms with Crippen LogP contribution < -0.4 is 5.32 Å². The van der Waals surface area contributed by atoms with E-state index in [1.54, 1.807) is 19.2 Å². The zero-order valence-electron chi connectivity index (χ0n) is 13.9. The molecule has 0 aliphatic carbocycles. The molecule has 1 aromatic heterocycles. The Morgan fingerprint density at radius 1 is 1.16 bits per heavy atom. The number of nitrogens with zero attached hydrogens (tertiary/aromatic N) is 2. The molecule has 0 spiro atoms. The Bertz CT molecular complexity index is 831. The van der Waals surface area contributed by atoms with Crippen LogP contribution >= 0.6 is 11.6 Å². The number of imidazole rings is 1. The van der Waals surface area contributed by atoms with E-state index in [0.717, 1.165) is 22.8 Å². The molecule has 0 bridgehead atoms. The number of phenols is 1. The van der Waals surface area contributed by atoms with Gasteiger partial charge in [-0.1, -0.05) is 41.9 Å². The second-order valence-electron chi connectivity index (χ2n) is 5.60. The highest BCUT2D eigenvalue weighted by Crippen LogP contribution is 2.25. The lowest BCUT2D eigenvalue weighted by atomic mass is 10.2. The predicted molar refractivity (Wildman–Crippen MR) is 100.0 cm³/mol. The van der Waals surface area contributed by atoms with Crippen LogP contribution in [-0.2, 0) is 17.8 Å². The Morgan fingerprint density at radius 2 is 1.92 bits per heavy atom. The van der Waals surface area contributed by atoms with Gasteiger partial charge in [-0.05, 0) is 23.8 Å². The molecular formula is C19H20ClN3O2. The number of benzene rings is 2. The number of rotatable bonds is 7. The van der Waals surface area contributed by atoms with Gasteiger partial charge in [-0.25, -0.2) is 4.98 Å². The molecule has 0 aliphatic heterocycles. The minimum atomic E-state index is 0.267. The first-order valence-corrected chi connectivity index (χ1v) is 8.38. The Kier molecular flexibility index (Phi) is 5.58. The Labute approximate surface area is 151 Å². The van der Waals surface area contributed by atoms with E-state index in [2.05, 4.69) is 14.9 Å². The molecule has 1 heterocycles. The molecule has 130 valence electrons. The molecule has 0 radical (unpaired) electrons. The number of aromatic nitrogens is 2. The summed E-state index contributed by atoms with van der Waals surface area (Å²) in [5, 5.41) is 13.9. The Morgan fingerprint density at radius 3 is 2.64 bits per heavy atom. The summed E-state index contributed by atoms with van der Waals surface area (Å²) in [6.45, 7) is 1.72. The maximum atomic E-state index is 9.91. The summed E-state index contributed by atoms with van der Waals surface area (Å²) in [5.41, 5.74) is 2.83. The smallest absolute Gasteiger partial charge is 0.203 e. The van der Waals surface area contributed by atoms with Gasteiger partial charge in [-0.2, -0.15) is 0 Å². The van der Waals surface area contributed by atoms with Gasteiger partial charge >= 0.3 is 0 Å². The van der Waals surface area contributed by atoms with Gasteiger partial charge in [0.15, 0.2) is 0 Å². The number of hydrogen-bond donors (Lipinski definition) is 2. The van der Waals surface area contributed by atoms with E-state index in [9.17, 15) is 5.11 Å². The van der Waals surface area contributed by atoms with Gasteiger partial charge in [0.1, 0.15) is 5.75 Å². The summed E-state index contributed by atoms with van der Waals surface area (Å²) < 4.78 is 7.29. The lowest BCUT2D eigenvalue weighted by Crippen LogP contribution is -2.11. The summed E-state index contributed by atoms with van der Waals surface area (Å²) in [6.07, 6.45) is 1.83. The van der Waals surface area contributed by atoms with Crippen molar-refractivity contribution < 1.29 is 9.84 Å². The van der Waals surface area contributed by atoms with Crippen molar-refractivity contribution >= 4 is 17.5 Å². The average Bonchev–Trinajstić information content (AvgIpc) is 3.02. The zero-order valence-corrected chi connectivity index (χ0v) is 14.7. The second kappa shape index (κ2) is 8.05. The molecule has 25 heavy (non-hydrogen) atoms. The maximum Gasteiger partial charge on any atom is 0.203 e. The van der Waals surface area contributed by atoms with E-state index in [1.165, 1.54) is 0 Å². The topological polar surface area (TPSA) is 59.3 Å². The Balaban J connectivity index is 1.86. The fraction of sp³-hybridized carbons (Fsp3) is 0.211. The summed E-state index contributed by atoms with van der Waals surface area (Å²) in [6, 6.07) is 14.9. The summed E-state index contributed by atoms with van der Waals surface area (Å²) in [4.78, 5) is 4.49. The second-order valence-corrected chi connectivity index (χ2v) is 6.04. The van der Waals surface area contributed by atoms with Crippen molar-refractivity contribution in [3.8, 4) is 17.0 Å². The number of methoxy groups -OCH3 is 1. The van der Waals surface area contributed by atoms with Gasteiger partial charge in [0, 0.05) is 30.8 Å². The van der Waals surface area contributed by atoms with Gasteiger partial charge in [0.25, 0.3) is 0 Å². The summed E-state index contributed by atoms with van der Waals surface area (Å²) in [7, 11) is 1.67. The molecule has 3 aromatic rings. The third-order valence-corrected chi connectivity index (χ3v) is 4.20. The van der Waals surface area contributed by atoms with E-state index in [4.69, 9.17) is 16.3 Å². The first-order chi connectivity index (χ1) is 12.2. The highest BCUT2D eigenvalue weighted by molar-refractivity contribution is 6.30. The summed E-state index contributed by atoms with van der Waals surface area (Å²) in [5.74, 6) is 0.994. The molecule has 0 saturated heterocycles. The monoisotopic (exact) mass is 357 g/mol. The standard InChI is InChI=1S/C19H20ClN3O2/c1-25-11-10-23-17(14-6-8-16(20)9-7-14)13-22-19(23)21-12-15-4-2-3-5-18(15)24/h2-9,13,24H,10-12H2,1H3,(H,21,22). The van der Waals surface area contributed by atoms with Crippen LogP contribution in [0, 0.1) is 0 Å². The van der Waals surface area contributed by atoms with Crippen molar-refractivity contribution in [3.63, 3.8) is 0 Å². The van der Waals surface area contributed by atoms with Crippen molar-refractivity contribution in [2.75, 3.05) is 19.0 Å². The fourth-order valence-corrected chi connectivity index (χ4v) is 2.74. The molecule has 0 fully saturated rings. The van der Waals surface area contributed by atoms with Crippen LogP contribution in [0.25, 0.3) is 11.3 Å². The minimum Gasteiger partial charge on any atom is -0.508 e. The van der Waals surface area contributed by atoms with Gasteiger partial charge < -0.3 is 19.7 Å². The van der Waals surface area contributed by atoms with Crippen molar-refractivity contribution in [1.29, 1.82) is 0 Å². The highest BCUT2D eigenvalue weighted by atomic mass is 35.5. The minimum absolute atomic E-state index is 0.267. The lowest BCUT2D eigenvalue weighted by Gasteiger charge is -2.13. The maximum absolute atomic E-state index is 9.91. The van der Waals surface area contributed by atoms with Crippen molar-refractivity contribution in [2.24, 2.45) is 0 Å². The summed E-state index contributed by atoms with van der Waals surface area (Å²) >= 11 is 5.98. The molecule has 2 N–H and O–H groups in total. The van der Waals surface area contributed by atoms with Gasteiger partial charge in [-0.15, -0.1) is 0 Å². The molecule has 3 rings (SSSR count). The Hall–Kier alpha value is -2.50. The molecule has 2 aromatic carbocycles. The predicted octanol–water partition coefficient (Wildman–Crippen LogP) is 4.17. The first-order valence-electron chi connectivity index (χ1n) is 8.00. The number of phenolic OH excluding ortho intramolecular Hbond substituents is 1. The molecule has 0 aliphatic rings. The van der Waals surface area contributed by atoms with Crippen LogP contribution in [-0.4, -0.2) is 28.4 Å². The third kappa shape index (κ3) is 4.13. The van der Waals surface area contributed by atoms with Crippen LogP contribution in [0.3, 0.4) is 0 Å². The number of para-hydroxylation sites is 1. The van der Waals surface area contributed by atoms with E-state index >= 15 is 0 Å². The molecule has 6 heteroatoms. The van der Waals surface area contributed by atoms with Crippen LogP contribution in [0.15, 0.2) is 54.7 Å². The molecule has 0 unspecified atom stereocenters. The van der Waals surface area contributed by atoms with Gasteiger partial charge in [-0.3, -0.25) is 0 Å². The molecule has 5 nitrogen and oxygen atoms in total. The zero-order chi connectivity index (χ0) is 17.6. The largest absolute Gasteiger partial charge is 0.508 e. The normalized spacial score (nSPS) is 10.8. The molecular weight excluding hydrogens is 338 g/mol. The van der Waals surface area contributed by atoms with E-state index in [0.29, 0.717) is 24.7 Å². The molecule has 0 saturated carbocycles. The number of aromatic hydroxyl groups is 1. The van der Waals surface area contributed by atoms with Crippen molar-refractivity contribution in [1.82, 2.24) is 9.55 Å². The molecule has 0 atom stereocenters. The van der Waals surface area contributed by atoms with E-state index in [1.807, 2.05) is 42.6 Å². The van der Waals surface area contributed by atoms with Crippen LogP contribution in [0.5, 0.6) is 5.75 Å². The number of anilines is 1. The quantitative estimate of drug-likeness (QED) is 0.666. The van der Waals surface area contributed by atoms with Gasteiger partial charge in [0.05, 0.1) is 18.5 Å². The third-order valence-electron chi connectivity index (χ3n) is 3.94. The van der Waals surface area contributed by atoms with Gasteiger partial charge in [0.2, 0.25) is 5.95 Å². The van der Waals surface area contributed by atoms with E-state index in [-0.39, 0.29) is 5.75 Å². The first kappa shape index (κ1) is 17.3.